The predicted molar refractivity (Wildman–Crippen MR) is 126 cm³/mol. The van der Waals surface area contributed by atoms with E-state index in [1.807, 2.05) is 18.2 Å². The van der Waals surface area contributed by atoms with Gasteiger partial charge < -0.3 is 20.9 Å². The summed E-state index contributed by atoms with van der Waals surface area (Å²) in [5, 5.41) is 2.90. The molecule has 1 fully saturated rings. The number of carbonyl (C=O) groups excluding carboxylic acids is 2. The summed E-state index contributed by atoms with van der Waals surface area (Å²) in [4.78, 5) is 32.9. The molecule has 0 bridgehead atoms. The van der Waals surface area contributed by atoms with Crippen molar-refractivity contribution in [3.8, 4) is 11.1 Å². The van der Waals surface area contributed by atoms with Gasteiger partial charge in [-0.1, -0.05) is 24.3 Å². The maximum absolute atomic E-state index is 13.4. The average Bonchev–Trinajstić information content (AvgIpc) is 2.84. The minimum absolute atomic E-state index is 0.0202. The highest BCUT2D eigenvalue weighted by molar-refractivity contribution is 5.98. The van der Waals surface area contributed by atoms with Crippen LogP contribution in [0.15, 0.2) is 66.9 Å². The molecule has 0 saturated carbocycles. The summed E-state index contributed by atoms with van der Waals surface area (Å²) in [7, 11) is 1.76. The topological polar surface area (TPSA) is 91.6 Å². The molecule has 4 rings (SSSR count). The summed E-state index contributed by atoms with van der Waals surface area (Å²) in [5.41, 5.74) is 8.54. The number of pyridine rings is 1. The van der Waals surface area contributed by atoms with E-state index < -0.39 is 0 Å². The summed E-state index contributed by atoms with van der Waals surface area (Å²) in [6.07, 6.45) is 2.91. The van der Waals surface area contributed by atoms with E-state index in [4.69, 9.17) is 5.73 Å². The third-order valence-corrected chi connectivity index (χ3v) is 5.98. The second-order valence-electron chi connectivity index (χ2n) is 8.09. The Labute approximate surface area is 192 Å². The highest BCUT2D eigenvalue weighted by Gasteiger charge is 2.28. The normalized spacial score (nSPS) is 14.1. The van der Waals surface area contributed by atoms with Gasteiger partial charge in [0.15, 0.2) is 0 Å². The lowest BCUT2D eigenvalue weighted by Gasteiger charge is -2.36. The zero-order valence-electron chi connectivity index (χ0n) is 18.4. The van der Waals surface area contributed by atoms with E-state index in [0.717, 1.165) is 11.1 Å². The van der Waals surface area contributed by atoms with Gasteiger partial charge in [0.2, 0.25) is 0 Å². The van der Waals surface area contributed by atoms with Gasteiger partial charge in [0.1, 0.15) is 11.6 Å². The van der Waals surface area contributed by atoms with Gasteiger partial charge >= 0.3 is 6.03 Å². The van der Waals surface area contributed by atoms with Crippen LogP contribution < -0.4 is 11.1 Å². The van der Waals surface area contributed by atoms with Crippen molar-refractivity contribution in [2.24, 2.45) is 0 Å². The van der Waals surface area contributed by atoms with E-state index in [2.05, 4.69) is 10.3 Å². The number of halogens is 1. The fourth-order valence-corrected chi connectivity index (χ4v) is 4.02. The zero-order valence-corrected chi connectivity index (χ0v) is 18.4. The van der Waals surface area contributed by atoms with E-state index in [0.29, 0.717) is 37.2 Å². The molecule has 1 saturated heterocycles. The van der Waals surface area contributed by atoms with E-state index in [1.165, 1.54) is 12.1 Å². The minimum Gasteiger partial charge on any atom is -0.383 e. The summed E-state index contributed by atoms with van der Waals surface area (Å²) < 4.78 is 13.4. The Bertz CT molecular complexity index is 1140. The van der Waals surface area contributed by atoms with Gasteiger partial charge in [-0.05, 0) is 60.4 Å². The molecule has 1 aromatic heterocycles. The smallest absolute Gasteiger partial charge is 0.321 e. The standard InChI is InChI=1S/C25H26FN5O2/c1-30(21-11-14-31(15-12-21)24(32)22-6-3-13-28-23(22)27)25(33)29-20-9-7-17(8-10-20)18-4-2-5-19(26)16-18/h2-10,13,16,21H,11-12,14-15H2,1H3,(H2,27,28)(H,29,33). The lowest BCUT2D eigenvalue weighted by Crippen LogP contribution is -2.48. The molecule has 0 radical (unpaired) electrons. The van der Waals surface area contributed by atoms with Crippen LogP contribution in [0.25, 0.3) is 11.1 Å². The van der Waals surface area contributed by atoms with Crippen molar-refractivity contribution in [3.05, 3.63) is 78.2 Å². The SMILES string of the molecule is CN(C(=O)Nc1ccc(-c2cccc(F)c2)cc1)C1CCN(C(=O)c2cccnc2N)CC1. The number of hydrogen-bond donors (Lipinski definition) is 2. The van der Waals surface area contributed by atoms with Crippen LogP contribution in [0, 0.1) is 5.82 Å². The largest absolute Gasteiger partial charge is 0.383 e. The fraction of sp³-hybridized carbons (Fsp3) is 0.240. The third-order valence-electron chi connectivity index (χ3n) is 5.98. The predicted octanol–water partition coefficient (Wildman–Crippen LogP) is 4.24. The minimum atomic E-state index is -0.289. The molecule has 0 aliphatic carbocycles. The number of nitrogens with two attached hydrogens (primary N) is 1. The molecule has 3 amide bonds. The molecule has 0 atom stereocenters. The second kappa shape index (κ2) is 9.68. The van der Waals surface area contributed by atoms with Crippen molar-refractivity contribution in [1.82, 2.24) is 14.8 Å². The van der Waals surface area contributed by atoms with Gasteiger partial charge in [-0.2, -0.15) is 0 Å². The summed E-state index contributed by atoms with van der Waals surface area (Å²) in [6.45, 7) is 1.08. The molecule has 1 aliphatic rings. The van der Waals surface area contributed by atoms with E-state index >= 15 is 0 Å². The number of anilines is 2. The Kier molecular flexibility index (Phi) is 6.53. The number of likely N-dealkylation sites (tertiary alicyclic amines) is 1. The lowest BCUT2D eigenvalue weighted by atomic mass is 10.0. The molecule has 3 aromatic rings. The molecule has 2 aromatic carbocycles. The number of hydrogen-bond acceptors (Lipinski definition) is 4. The molecule has 170 valence electrons. The Morgan fingerprint density at radius 3 is 2.45 bits per heavy atom. The van der Waals surface area contributed by atoms with Crippen LogP contribution in [-0.2, 0) is 0 Å². The Balaban J connectivity index is 1.32. The van der Waals surface area contributed by atoms with Crippen LogP contribution in [0.2, 0.25) is 0 Å². The first kappa shape index (κ1) is 22.3. The van der Waals surface area contributed by atoms with Crippen LogP contribution in [0.1, 0.15) is 23.2 Å². The number of piperidine rings is 1. The Morgan fingerprint density at radius 1 is 1.06 bits per heavy atom. The molecule has 2 heterocycles. The third kappa shape index (κ3) is 5.11. The molecule has 8 heteroatoms. The lowest BCUT2D eigenvalue weighted by molar-refractivity contribution is 0.0672. The quantitative estimate of drug-likeness (QED) is 0.626. The number of benzene rings is 2. The molecule has 3 N–H and O–H groups in total. The fourth-order valence-electron chi connectivity index (χ4n) is 4.02. The van der Waals surface area contributed by atoms with E-state index in [1.54, 1.807) is 53.4 Å². The number of rotatable bonds is 4. The van der Waals surface area contributed by atoms with Gasteiger partial charge in [0.05, 0.1) is 5.56 Å². The molecule has 0 unspecified atom stereocenters. The van der Waals surface area contributed by atoms with E-state index in [9.17, 15) is 14.0 Å². The number of nitrogen functional groups attached to an aromatic ring is 1. The van der Waals surface area contributed by atoms with Crippen LogP contribution in [0.3, 0.4) is 0 Å². The van der Waals surface area contributed by atoms with Crippen LogP contribution in [0.5, 0.6) is 0 Å². The van der Waals surface area contributed by atoms with Gasteiger partial charge in [-0.25, -0.2) is 14.2 Å². The van der Waals surface area contributed by atoms with Gasteiger partial charge in [0.25, 0.3) is 5.91 Å². The van der Waals surface area contributed by atoms with Crippen molar-refractivity contribution in [3.63, 3.8) is 0 Å². The van der Waals surface area contributed by atoms with Crippen molar-refractivity contribution in [2.75, 3.05) is 31.2 Å². The van der Waals surface area contributed by atoms with Crippen molar-refractivity contribution in [2.45, 2.75) is 18.9 Å². The number of nitrogens with one attached hydrogen (secondary N) is 1. The number of nitrogens with zero attached hydrogens (tertiary/aromatic N) is 3. The molecular weight excluding hydrogens is 421 g/mol. The number of amides is 3. The van der Waals surface area contributed by atoms with Crippen LogP contribution in [-0.4, -0.2) is 52.9 Å². The summed E-state index contributed by atoms with van der Waals surface area (Å²) in [5.74, 6) is -0.197. The average molecular weight is 448 g/mol. The van der Waals surface area contributed by atoms with Crippen molar-refractivity contribution < 1.29 is 14.0 Å². The number of carbonyl (C=O) groups is 2. The molecule has 1 aliphatic heterocycles. The maximum atomic E-state index is 13.4. The Hall–Kier alpha value is -3.94. The van der Waals surface area contributed by atoms with E-state index in [-0.39, 0.29) is 29.6 Å². The maximum Gasteiger partial charge on any atom is 0.321 e. The number of urea groups is 1. The van der Waals surface area contributed by atoms with Crippen molar-refractivity contribution in [1.29, 1.82) is 0 Å². The molecular formula is C25H26FN5O2. The van der Waals surface area contributed by atoms with Crippen LogP contribution >= 0.6 is 0 Å². The van der Waals surface area contributed by atoms with Gasteiger partial charge in [-0.15, -0.1) is 0 Å². The summed E-state index contributed by atoms with van der Waals surface area (Å²) in [6, 6.07) is 16.8. The molecule has 33 heavy (non-hydrogen) atoms. The molecule has 0 spiro atoms. The summed E-state index contributed by atoms with van der Waals surface area (Å²) >= 11 is 0. The van der Waals surface area contributed by atoms with Crippen LogP contribution in [0.4, 0.5) is 20.7 Å². The highest BCUT2D eigenvalue weighted by atomic mass is 19.1. The van der Waals surface area contributed by atoms with Crippen molar-refractivity contribution >= 4 is 23.4 Å². The van der Waals surface area contributed by atoms with Gasteiger partial charge in [-0.3, -0.25) is 4.79 Å². The zero-order chi connectivity index (χ0) is 23.4. The first-order valence-electron chi connectivity index (χ1n) is 10.8. The first-order valence-corrected chi connectivity index (χ1v) is 10.8. The Morgan fingerprint density at radius 2 is 1.79 bits per heavy atom. The first-order chi connectivity index (χ1) is 15.9. The monoisotopic (exact) mass is 447 g/mol. The molecule has 7 nitrogen and oxygen atoms in total. The number of aromatic nitrogens is 1. The highest BCUT2D eigenvalue weighted by Crippen LogP contribution is 2.23. The van der Waals surface area contributed by atoms with Gasteiger partial charge in [0, 0.05) is 38.1 Å². The second-order valence-corrected chi connectivity index (χ2v) is 8.09.